The minimum Gasteiger partial charge on any atom is -0.353 e. The van der Waals surface area contributed by atoms with Crippen LogP contribution in [-0.2, 0) is 4.79 Å². The van der Waals surface area contributed by atoms with Crippen LogP contribution in [0.5, 0.6) is 0 Å². The largest absolute Gasteiger partial charge is 0.353 e. The number of rotatable bonds is 3. The molecule has 1 saturated carbocycles. The molecule has 2 aliphatic rings. The Bertz CT molecular complexity index is 578. The zero-order chi connectivity index (χ0) is 17.2. The van der Waals surface area contributed by atoms with E-state index in [9.17, 15) is 13.6 Å². The van der Waals surface area contributed by atoms with Gasteiger partial charge in [-0.25, -0.2) is 8.78 Å². The lowest BCUT2D eigenvalue weighted by Gasteiger charge is -2.35. The van der Waals surface area contributed by atoms with Gasteiger partial charge in [-0.3, -0.25) is 4.79 Å². The molecular weight excluding hydrogens is 314 g/mol. The Kier molecular flexibility index (Phi) is 4.96. The van der Waals surface area contributed by atoms with Gasteiger partial charge in [0, 0.05) is 37.9 Å². The van der Waals surface area contributed by atoms with E-state index in [2.05, 4.69) is 20.4 Å². The fourth-order valence-corrected chi connectivity index (χ4v) is 3.58. The molecule has 132 valence electrons. The molecule has 2 atom stereocenters. The normalized spacial score (nSPS) is 26.9. The summed E-state index contributed by atoms with van der Waals surface area (Å²) in [5.41, 5.74) is 0.860. The topological polar surface area (TPSA) is 58.1 Å². The van der Waals surface area contributed by atoms with Gasteiger partial charge in [0.1, 0.15) is 0 Å². The average molecular weight is 338 g/mol. The van der Waals surface area contributed by atoms with Gasteiger partial charge in [-0.15, -0.1) is 5.10 Å². The second kappa shape index (κ2) is 6.99. The van der Waals surface area contributed by atoms with Crippen molar-refractivity contribution in [2.75, 3.05) is 18.0 Å². The Hall–Kier alpha value is -1.79. The van der Waals surface area contributed by atoms with Gasteiger partial charge in [0.25, 0.3) is 0 Å². The number of anilines is 1. The second-order valence-electron chi connectivity index (χ2n) is 6.98. The monoisotopic (exact) mass is 338 g/mol. The Morgan fingerprint density at radius 1 is 1.29 bits per heavy atom. The molecule has 1 saturated heterocycles. The molecule has 1 aromatic heterocycles. The van der Waals surface area contributed by atoms with Gasteiger partial charge >= 0.3 is 0 Å². The van der Waals surface area contributed by atoms with Crippen LogP contribution in [0, 0.1) is 12.8 Å². The van der Waals surface area contributed by atoms with Crippen LogP contribution in [0.25, 0.3) is 0 Å². The summed E-state index contributed by atoms with van der Waals surface area (Å²) >= 11 is 0. The first-order chi connectivity index (χ1) is 11.4. The highest BCUT2D eigenvalue weighted by Gasteiger charge is 2.39. The summed E-state index contributed by atoms with van der Waals surface area (Å²) in [6.07, 6.45) is 2.35. The molecule has 5 nitrogen and oxygen atoms in total. The first-order valence-electron chi connectivity index (χ1n) is 8.66. The first kappa shape index (κ1) is 17.0. The molecule has 1 amide bonds. The molecule has 7 heteroatoms. The van der Waals surface area contributed by atoms with Crippen molar-refractivity contribution in [3.05, 3.63) is 17.8 Å². The molecule has 0 bridgehead atoms. The van der Waals surface area contributed by atoms with Gasteiger partial charge in [-0.1, -0.05) is 0 Å². The molecule has 1 aliphatic heterocycles. The van der Waals surface area contributed by atoms with E-state index in [4.69, 9.17) is 0 Å². The molecule has 2 heterocycles. The highest BCUT2D eigenvalue weighted by atomic mass is 19.3. The second-order valence-corrected chi connectivity index (χ2v) is 6.98. The standard InChI is InChI=1S/C17H24F2N4O/c1-12-6-7-15(22-21-12)23-9-3-5-14(11-23)20-16(24)13-4-2-8-17(18,19)10-13/h6-7,13-14H,2-5,8-11H2,1H3,(H,20,24)/t13-,14+/m0/s1. The van der Waals surface area contributed by atoms with Gasteiger partial charge in [-0.2, -0.15) is 5.10 Å². The summed E-state index contributed by atoms with van der Waals surface area (Å²) in [5, 5.41) is 11.2. The fourth-order valence-electron chi connectivity index (χ4n) is 3.58. The molecule has 0 aromatic carbocycles. The lowest BCUT2D eigenvalue weighted by atomic mass is 9.85. The number of piperidine rings is 1. The van der Waals surface area contributed by atoms with Crippen molar-refractivity contribution in [3.8, 4) is 0 Å². The van der Waals surface area contributed by atoms with Crippen molar-refractivity contribution in [2.24, 2.45) is 5.92 Å². The Morgan fingerprint density at radius 2 is 2.12 bits per heavy atom. The molecule has 24 heavy (non-hydrogen) atoms. The minimum absolute atomic E-state index is 0.0232. The van der Waals surface area contributed by atoms with E-state index >= 15 is 0 Å². The smallest absolute Gasteiger partial charge is 0.248 e. The zero-order valence-corrected chi connectivity index (χ0v) is 14.0. The molecule has 3 rings (SSSR count). The quantitative estimate of drug-likeness (QED) is 0.921. The maximum Gasteiger partial charge on any atom is 0.248 e. The van der Waals surface area contributed by atoms with E-state index in [1.807, 2.05) is 19.1 Å². The van der Waals surface area contributed by atoms with Crippen molar-refractivity contribution in [3.63, 3.8) is 0 Å². The van der Waals surface area contributed by atoms with Crippen molar-refractivity contribution >= 4 is 11.7 Å². The fraction of sp³-hybridized carbons (Fsp3) is 0.706. The number of nitrogens with one attached hydrogen (secondary N) is 1. The van der Waals surface area contributed by atoms with Crippen LogP contribution in [0.3, 0.4) is 0 Å². The van der Waals surface area contributed by atoms with Crippen molar-refractivity contribution in [1.82, 2.24) is 15.5 Å². The molecule has 0 spiro atoms. The number of aromatic nitrogens is 2. The highest BCUT2D eigenvalue weighted by molar-refractivity contribution is 5.79. The number of hydrogen-bond donors (Lipinski definition) is 1. The molecule has 1 aliphatic carbocycles. The summed E-state index contributed by atoms with van der Waals surface area (Å²) < 4.78 is 27.0. The zero-order valence-electron chi connectivity index (χ0n) is 14.0. The van der Waals surface area contributed by atoms with E-state index in [0.717, 1.165) is 30.9 Å². The van der Waals surface area contributed by atoms with E-state index in [1.54, 1.807) is 0 Å². The predicted molar refractivity (Wildman–Crippen MR) is 87.1 cm³/mol. The van der Waals surface area contributed by atoms with Crippen LogP contribution in [-0.4, -0.2) is 41.2 Å². The average Bonchev–Trinajstić information content (AvgIpc) is 2.55. The third kappa shape index (κ3) is 4.19. The maximum absolute atomic E-state index is 13.5. The first-order valence-corrected chi connectivity index (χ1v) is 8.66. The van der Waals surface area contributed by atoms with E-state index in [1.165, 1.54) is 0 Å². The summed E-state index contributed by atoms with van der Waals surface area (Å²) in [5.74, 6) is -2.70. The maximum atomic E-state index is 13.5. The van der Waals surface area contributed by atoms with Crippen molar-refractivity contribution in [1.29, 1.82) is 0 Å². The Balaban J connectivity index is 1.57. The highest BCUT2D eigenvalue weighted by Crippen LogP contribution is 2.36. The summed E-state index contributed by atoms with van der Waals surface area (Å²) in [4.78, 5) is 14.4. The molecule has 0 unspecified atom stereocenters. The lowest BCUT2D eigenvalue weighted by Crippen LogP contribution is -2.50. The number of halogens is 2. The number of aryl methyl sites for hydroxylation is 1. The summed E-state index contributed by atoms with van der Waals surface area (Å²) in [6, 6.07) is 3.81. The molecule has 1 N–H and O–H groups in total. The molecule has 0 radical (unpaired) electrons. The third-order valence-corrected chi connectivity index (χ3v) is 4.89. The third-order valence-electron chi connectivity index (χ3n) is 4.89. The van der Waals surface area contributed by atoms with Crippen LogP contribution in [0.1, 0.15) is 44.2 Å². The van der Waals surface area contributed by atoms with Crippen molar-refractivity contribution in [2.45, 2.75) is 57.4 Å². The summed E-state index contributed by atoms with van der Waals surface area (Å²) in [7, 11) is 0. The number of nitrogens with zero attached hydrogens (tertiary/aromatic N) is 3. The lowest BCUT2D eigenvalue weighted by molar-refractivity contribution is -0.133. The van der Waals surface area contributed by atoms with Crippen LogP contribution in [0.15, 0.2) is 12.1 Å². The van der Waals surface area contributed by atoms with Crippen LogP contribution in [0.4, 0.5) is 14.6 Å². The van der Waals surface area contributed by atoms with Crippen LogP contribution < -0.4 is 10.2 Å². The number of amides is 1. The predicted octanol–water partition coefficient (Wildman–Crippen LogP) is 2.70. The van der Waals surface area contributed by atoms with Gasteiger partial charge in [0.15, 0.2) is 5.82 Å². The van der Waals surface area contributed by atoms with E-state index in [0.29, 0.717) is 19.4 Å². The van der Waals surface area contributed by atoms with E-state index < -0.39 is 11.8 Å². The minimum atomic E-state index is -2.70. The number of hydrogen-bond acceptors (Lipinski definition) is 4. The molecule has 2 fully saturated rings. The van der Waals surface area contributed by atoms with Gasteiger partial charge in [0.2, 0.25) is 11.8 Å². The van der Waals surface area contributed by atoms with Gasteiger partial charge in [-0.05, 0) is 44.7 Å². The van der Waals surface area contributed by atoms with Crippen LogP contribution in [0.2, 0.25) is 0 Å². The number of carbonyl (C=O) groups excluding carboxylic acids is 1. The molecule has 1 aromatic rings. The van der Waals surface area contributed by atoms with Crippen molar-refractivity contribution < 1.29 is 13.6 Å². The number of alkyl halides is 2. The Labute approximate surface area is 140 Å². The summed E-state index contributed by atoms with van der Waals surface area (Å²) in [6.45, 7) is 3.40. The SMILES string of the molecule is Cc1ccc(N2CCC[C@@H](NC(=O)[C@H]3CCCC(F)(F)C3)C2)nn1. The van der Waals surface area contributed by atoms with E-state index in [-0.39, 0.29) is 24.8 Å². The molecular formula is C17H24F2N4O. The Morgan fingerprint density at radius 3 is 2.83 bits per heavy atom. The van der Waals surface area contributed by atoms with Gasteiger partial charge < -0.3 is 10.2 Å². The van der Waals surface area contributed by atoms with Crippen LogP contribution >= 0.6 is 0 Å². The number of carbonyl (C=O) groups is 1. The van der Waals surface area contributed by atoms with Gasteiger partial charge in [0.05, 0.1) is 5.69 Å².